The monoisotopic (exact) mass is 466 g/mol. The largest absolute Gasteiger partial charge is 0.466 e. The molecule has 8 heteroatoms. The molecule has 2 aromatic rings. The topological polar surface area (TPSA) is 102 Å². The quantitative estimate of drug-likeness (QED) is 0.465. The van der Waals surface area contributed by atoms with Crippen LogP contribution in [0.2, 0.25) is 0 Å². The number of amides is 3. The number of alkyl carbamates (subject to hydrolysis) is 1. The van der Waals surface area contributed by atoms with Crippen LogP contribution in [0.5, 0.6) is 0 Å². The zero-order valence-electron chi connectivity index (χ0n) is 19.9. The van der Waals surface area contributed by atoms with Gasteiger partial charge in [0.25, 0.3) is 11.8 Å². The molecule has 0 aromatic heterocycles. The van der Waals surface area contributed by atoms with Crippen molar-refractivity contribution in [3.63, 3.8) is 0 Å². The van der Waals surface area contributed by atoms with E-state index in [1.54, 1.807) is 76.2 Å². The lowest BCUT2D eigenvalue weighted by atomic mass is 9.99. The fraction of sp³-hybridized carbons (Fsp3) is 0.385. The number of esters is 1. The van der Waals surface area contributed by atoms with Crippen molar-refractivity contribution < 1.29 is 28.7 Å². The zero-order chi connectivity index (χ0) is 24.9. The van der Waals surface area contributed by atoms with Crippen LogP contribution in [0.1, 0.15) is 72.0 Å². The summed E-state index contributed by atoms with van der Waals surface area (Å²) in [5.74, 6) is -1.08. The second-order valence-corrected chi connectivity index (χ2v) is 8.98. The molecular weight excluding hydrogens is 436 g/mol. The molecule has 1 atom stereocenters. The fourth-order valence-corrected chi connectivity index (χ4v) is 3.80. The minimum atomic E-state index is -0.638. The first-order chi connectivity index (χ1) is 16.1. The Morgan fingerprint density at radius 2 is 1.56 bits per heavy atom. The molecule has 0 spiro atoms. The van der Waals surface area contributed by atoms with Crippen LogP contribution in [0.15, 0.2) is 48.5 Å². The molecule has 8 nitrogen and oxygen atoms in total. The first-order valence-corrected chi connectivity index (χ1v) is 11.3. The van der Waals surface area contributed by atoms with Gasteiger partial charge >= 0.3 is 12.1 Å². The van der Waals surface area contributed by atoms with Gasteiger partial charge in [0.2, 0.25) is 0 Å². The maximum Gasteiger partial charge on any atom is 0.407 e. The van der Waals surface area contributed by atoms with Gasteiger partial charge in [0, 0.05) is 6.54 Å². The summed E-state index contributed by atoms with van der Waals surface area (Å²) in [5, 5.41) is 2.69. The lowest BCUT2D eigenvalue weighted by molar-refractivity contribution is -0.142. The van der Waals surface area contributed by atoms with Crippen molar-refractivity contribution in [2.24, 2.45) is 0 Å². The predicted molar refractivity (Wildman–Crippen MR) is 125 cm³/mol. The molecule has 0 saturated heterocycles. The number of carbonyl (C=O) groups is 4. The van der Waals surface area contributed by atoms with E-state index in [1.807, 2.05) is 0 Å². The Balaban J connectivity index is 1.81. The number of carbonyl (C=O) groups excluding carboxylic acids is 4. The summed E-state index contributed by atoms with van der Waals surface area (Å²) >= 11 is 0. The van der Waals surface area contributed by atoms with Gasteiger partial charge in [-0.15, -0.1) is 0 Å². The van der Waals surface area contributed by atoms with Crippen LogP contribution in [-0.4, -0.2) is 47.5 Å². The van der Waals surface area contributed by atoms with Gasteiger partial charge in [-0.2, -0.15) is 0 Å². The van der Waals surface area contributed by atoms with Crippen LogP contribution in [-0.2, 0) is 20.7 Å². The van der Waals surface area contributed by atoms with Gasteiger partial charge in [0.05, 0.1) is 30.2 Å². The second-order valence-electron chi connectivity index (χ2n) is 8.98. The van der Waals surface area contributed by atoms with E-state index in [9.17, 15) is 19.2 Å². The van der Waals surface area contributed by atoms with Crippen LogP contribution >= 0.6 is 0 Å². The first kappa shape index (κ1) is 25.0. The molecule has 1 N–H and O–H groups in total. The van der Waals surface area contributed by atoms with Crippen LogP contribution in [0.25, 0.3) is 0 Å². The standard InChI is InChI=1S/C26H30N2O6/c1-5-33-22(29)16-17-10-12-18(13-11-17)21(14-15-27-25(32)34-26(2,3)4)28-23(30)19-8-6-7-9-20(19)24(28)31/h6-13,21H,5,14-16H2,1-4H3,(H,27,32). The number of ether oxygens (including phenoxy) is 2. The van der Waals surface area contributed by atoms with Crippen LogP contribution in [0.4, 0.5) is 4.79 Å². The normalized spacial score (nSPS) is 13.9. The lowest BCUT2D eigenvalue weighted by Gasteiger charge is -2.27. The van der Waals surface area contributed by atoms with Crippen molar-refractivity contribution in [2.45, 2.75) is 52.2 Å². The molecule has 0 fully saturated rings. The van der Waals surface area contributed by atoms with Crippen molar-refractivity contribution in [1.29, 1.82) is 0 Å². The average molecular weight is 467 g/mol. The minimum Gasteiger partial charge on any atom is -0.466 e. The summed E-state index contributed by atoms with van der Waals surface area (Å²) in [6, 6.07) is 13.2. The number of imide groups is 1. The third kappa shape index (κ3) is 6.01. The van der Waals surface area contributed by atoms with E-state index in [2.05, 4.69) is 5.32 Å². The summed E-state index contributed by atoms with van der Waals surface area (Å²) in [5.41, 5.74) is 1.55. The molecule has 3 amide bonds. The number of nitrogens with one attached hydrogen (secondary N) is 1. The smallest absolute Gasteiger partial charge is 0.407 e. The summed E-state index contributed by atoms with van der Waals surface area (Å²) < 4.78 is 10.3. The van der Waals surface area contributed by atoms with Gasteiger partial charge in [-0.3, -0.25) is 19.3 Å². The molecule has 0 radical (unpaired) electrons. The van der Waals surface area contributed by atoms with Gasteiger partial charge in [-0.25, -0.2) is 4.79 Å². The van der Waals surface area contributed by atoms with E-state index in [4.69, 9.17) is 9.47 Å². The van der Waals surface area contributed by atoms with E-state index in [0.29, 0.717) is 29.7 Å². The lowest BCUT2D eigenvalue weighted by Crippen LogP contribution is -2.38. The highest BCUT2D eigenvalue weighted by Crippen LogP contribution is 2.33. The molecule has 34 heavy (non-hydrogen) atoms. The molecular formula is C26H30N2O6. The molecule has 1 unspecified atom stereocenters. The van der Waals surface area contributed by atoms with Crippen molar-refractivity contribution in [1.82, 2.24) is 10.2 Å². The average Bonchev–Trinajstić information content (AvgIpc) is 3.01. The Morgan fingerprint density at radius 1 is 0.971 bits per heavy atom. The van der Waals surface area contributed by atoms with Crippen LogP contribution < -0.4 is 5.32 Å². The Kier molecular flexibility index (Phi) is 7.71. The van der Waals surface area contributed by atoms with Gasteiger partial charge < -0.3 is 14.8 Å². The van der Waals surface area contributed by atoms with Crippen molar-refractivity contribution in [3.8, 4) is 0 Å². The number of nitrogens with zero attached hydrogens (tertiary/aromatic N) is 1. The third-order valence-electron chi connectivity index (χ3n) is 5.24. The van der Waals surface area contributed by atoms with E-state index in [-0.39, 0.29) is 30.7 Å². The predicted octanol–water partition coefficient (Wildman–Crippen LogP) is 4.04. The summed E-state index contributed by atoms with van der Waals surface area (Å²) in [7, 11) is 0. The Morgan fingerprint density at radius 3 is 2.09 bits per heavy atom. The van der Waals surface area contributed by atoms with Gasteiger partial charge in [-0.1, -0.05) is 36.4 Å². The highest BCUT2D eigenvalue weighted by Gasteiger charge is 2.40. The Hall–Kier alpha value is -3.68. The maximum absolute atomic E-state index is 13.1. The van der Waals surface area contributed by atoms with Gasteiger partial charge in [0.15, 0.2) is 0 Å². The van der Waals surface area contributed by atoms with Crippen molar-refractivity contribution >= 4 is 23.9 Å². The molecule has 1 aliphatic heterocycles. The first-order valence-electron chi connectivity index (χ1n) is 11.3. The van der Waals surface area contributed by atoms with Crippen molar-refractivity contribution in [2.75, 3.05) is 13.2 Å². The molecule has 0 bridgehead atoms. The highest BCUT2D eigenvalue weighted by atomic mass is 16.6. The molecule has 0 aliphatic carbocycles. The fourth-order valence-electron chi connectivity index (χ4n) is 3.80. The van der Waals surface area contributed by atoms with E-state index < -0.39 is 17.7 Å². The summed E-state index contributed by atoms with van der Waals surface area (Å²) in [6.07, 6.45) is -0.146. The third-order valence-corrected chi connectivity index (χ3v) is 5.24. The van der Waals surface area contributed by atoms with Crippen LogP contribution in [0, 0.1) is 0 Å². The zero-order valence-corrected chi connectivity index (χ0v) is 19.9. The Bertz CT molecular complexity index is 1040. The Labute approximate surface area is 199 Å². The molecule has 0 saturated carbocycles. The van der Waals surface area contributed by atoms with Crippen molar-refractivity contribution in [3.05, 3.63) is 70.8 Å². The molecule has 3 rings (SSSR count). The molecule has 1 heterocycles. The van der Waals surface area contributed by atoms with Gasteiger partial charge in [-0.05, 0) is 57.4 Å². The number of hydrogen-bond acceptors (Lipinski definition) is 6. The molecule has 1 aliphatic rings. The van der Waals surface area contributed by atoms with E-state index in [0.717, 1.165) is 5.56 Å². The van der Waals surface area contributed by atoms with E-state index in [1.165, 1.54) is 4.90 Å². The molecule has 180 valence electrons. The summed E-state index contributed by atoms with van der Waals surface area (Å²) in [6.45, 7) is 7.56. The summed E-state index contributed by atoms with van der Waals surface area (Å²) in [4.78, 5) is 51.3. The molecule has 2 aromatic carbocycles. The maximum atomic E-state index is 13.1. The minimum absolute atomic E-state index is 0.131. The SMILES string of the molecule is CCOC(=O)Cc1ccc(C(CCNC(=O)OC(C)(C)C)N2C(=O)c3ccccc3C2=O)cc1. The second kappa shape index (κ2) is 10.5. The van der Waals surface area contributed by atoms with E-state index >= 15 is 0 Å². The van der Waals surface area contributed by atoms with Gasteiger partial charge in [0.1, 0.15) is 5.60 Å². The van der Waals surface area contributed by atoms with Crippen LogP contribution in [0.3, 0.4) is 0 Å². The number of rotatable bonds is 8. The number of benzene rings is 2. The number of fused-ring (bicyclic) bond motifs is 1. The number of hydrogen-bond donors (Lipinski definition) is 1. The highest BCUT2D eigenvalue weighted by molar-refractivity contribution is 6.21.